The highest BCUT2D eigenvalue weighted by Gasteiger charge is 2.48. The molecule has 0 bridgehead atoms. The van der Waals surface area contributed by atoms with Crippen molar-refractivity contribution in [3.05, 3.63) is 17.5 Å². The molecular weight excluding hydrogens is 216 g/mol. The Morgan fingerprint density at radius 1 is 1.53 bits per heavy atom. The van der Waals surface area contributed by atoms with Crippen molar-refractivity contribution in [1.82, 2.24) is 9.78 Å². The molecule has 94 valence electrons. The fraction of sp³-hybridized carbons (Fsp3) is 0.692. The second kappa shape index (κ2) is 4.17. The van der Waals surface area contributed by atoms with E-state index in [1.54, 1.807) is 4.68 Å². The summed E-state index contributed by atoms with van der Waals surface area (Å²) in [5, 5.41) is 14.1. The number of hydrogen-bond acceptors (Lipinski definition) is 2. The van der Waals surface area contributed by atoms with Gasteiger partial charge in [-0.1, -0.05) is 19.8 Å². The Morgan fingerprint density at radius 2 is 2.24 bits per heavy atom. The molecule has 0 aliphatic heterocycles. The molecule has 2 atom stereocenters. The lowest BCUT2D eigenvalue weighted by Crippen LogP contribution is -2.50. The highest BCUT2D eigenvalue weighted by atomic mass is 16.4. The van der Waals surface area contributed by atoms with Crippen molar-refractivity contribution in [3.63, 3.8) is 0 Å². The number of carboxylic acid groups (broad SMARTS) is 1. The van der Waals surface area contributed by atoms with Gasteiger partial charge >= 0.3 is 5.97 Å². The number of nitrogens with zero attached hydrogens (tertiary/aromatic N) is 2. The monoisotopic (exact) mass is 236 g/mol. The van der Waals surface area contributed by atoms with Crippen molar-refractivity contribution < 1.29 is 9.90 Å². The normalized spacial score (nSPS) is 29.2. The molecule has 4 heteroatoms. The first-order valence-corrected chi connectivity index (χ1v) is 6.25. The van der Waals surface area contributed by atoms with Crippen LogP contribution in [0.25, 0.3) is 0 Å². The van der Waals surface area contributed by atoms with E-state index in [0.717, 1.165) is 30.7 Å². The smallest absolute Gasteiger partial charge is 0.331 e. The van der Waals surface area contributed by atoms with E-state index in [4.69, 9.17) is 0 Å². The van der Waals surface area contributed by atoms with E-state index >= 15 is 0 Å². The average molecular weight is 236 g/mol. The molecule has 0 amide bonds. The Hall–Kier alpha value is -1.32. The minimum atomic E-state index is -0.837. The molecule has 1 N–H and O–H groups in total. The van der Waals surface area contributed by atoms with Crippen molar-refractivity contribution in [3.8, 4) is 0 Å². The molecule has 1 aromatic heterocycles. The molecule has 0 radical (unpaired) electrons. The number of carboxylic acids is 1. The fourth-order valence-corrected chi connectivity index (χ4v) is 3.09. The molecule has 0 saturated heterocycles. The maximum absolute atomic E-state index is 11.8. The molecule has 0 spiro atoms. The molecule has 1 saturated carbocycles. The van der Waals surface area contributed by atoms with Gasteiger partial charge in [0.2, 0.25) is 0 Å². The number of aromatic nitrogens is 2. The van der Waals surface area contributed by atoms with Gasteiger partial charge in [-0.25, -0.2) is 4.79 Å². The molecule has 0 aromatic carbocycles. The number of hydrogen-bond donors (Lipinski definition) is 1. The van der Waals surface area contributed by atoms with Gasteiger partial charge in [-0.15, -0.1) is 0 Å². The molecule has 1 aliphatic carbocycles. The van der Waals surface area contributed by atoms with Gasteiger partial charge in [-0.2, -0.15) is 5.10 Å². The topological polar surface area (TPSA) is 55.1 Å². The van der Waals surface area contributed by atoms with Gasteiger partial charge in [0, 0.05) is 5.69 Å². The fourth-order valence-electron chi connectivity index (χ4n) is 3.09. The summed E-state index contributed by atoms with van der Waals surface area (Å²) in [6.07, 6.45) is 3.74. The van der Waals surface area contributed by atoms with E-state index < -0.39 is 11.5 Å². The zero-order valence-electron chi connectivity index (χ0n) is 10.7. The van der Waals surface area contributed by atoms with E-state index in [9.17, 15) is 9.90 Å². The molecule has 2 unspecified atom stereocenters. The van der Waals surface area contributed by atoms with Crippen LogP contribution in [-0.4, -0.2) is 20.9 Å². The standard InChI is InChI=1S/C13H20N2O2/c1-9-6-4-5-7-13(9,12(16)17)15-11(3)8-10(2)14-15/h8-9H,4-7H2,1-3H3,(H,16,17). The SMILES string of the molecule is Cc1cc(C)n(C2(C(=O)O)CCCCC2C)n1. The maximum atomic E-state index is 11.8. The van der Waals surface area contributed by atoms with Crippen molar-refractivity contribution >= 4 is 5.97 Å². The van der Waals surface area contributed by atoms with E-state index in [-0.39, 0.29) is 5.92 Å². The zero-order valence-corrected chi connectivity index (χ0v) is 10.7. The van der Waals surface area contributed by atoms with E-state index in [2.05, 4.69) is 5.10 Å². The quantitative estimate of drug-likeness (QED) is 0.858. The summed E-state index contributed by atoms with van der Waals surface area (Å²) in [4.78, 5) is 11.8. The van der Waals surface area contributed by atoms with E-state index in [1.807, 2.05) is 26.8 Å². The predicted molar refractivity (Wildman–Crippen MR) is 64.9 cm³/mol. The Morgan fingerprint density at radius 3 is 2.71 bits per heavy atom. The van der Waals surface area contributed by atoms with Crippen LogP contribution in [0.15, 0.2) is 6.07 Å². The minimum absolute atomic E-state index is 0.131. The van der Waals surface area contributed by atoms with Crippen LogP contribution in [0.3, 0.4) is 0 Å². The van der Waals surface area contributed by atoms with Crippen LogP contribution < -0.4 is 0 Å². The first kappa shape index (κ1) is 12.1. The van der Waals surface area contributed by atoms with Gasteiger partial charge in [0.05, 0.1) is 5.69 Å². The minimum Gasteiger partial charge on any atom is -0.479 e. The summed E-state index contributed by atoms with van der Waals surface area (Å²) in [7, 11) is 0. The summed E-state index contributed by atoms with van der Waals surface area (Å²) < 4.78 is 1.74. The zero-order chi connectivity index (χ0) is 12.6. The lowest BCUT2D eigenvalue weighted by molar-refractivity contribution is -0.153. The predicted octanol–water partition coefficient (Wildman–Crippen LogP) is 2.49. The summed E-state index contributed by atoms with van der Waals surface area (Å²) >= 11 is 0. The van der Waals surface area contributed by atoms with Crippen LogP contribution >= 0.6 is 0 Å². The van der Waals surface area contributed by atoms with Crippen LogP contribution in [0.4, 0.5) is 0 Å². The number of carbonyl (C=O) groups is 1. The third-order valence-electron chi connectivity index (χ3n) is 4.02. The Kier molecular flexibility index (Phi) is 2.98. The van der Waals surface area contributed by atoms with Gasteiger partial charge in [0.25, 0.3) is 0 Å². The first-order chi connectivity index (χ1) is 7.98. The average Bonchev–Trinajstić information content (AvgIpc) is 2.58. The summed E-state index contributed by atoms with van der Waals surface area (Å²) in [5.74, 6) is -0.609. The maximum Gasteiger partial charge on any atom is 0.331 e. The van der Waals surface area contributed by atoms with Gasteiger partial charge in [0.15, 0.2) is 5.54 Å². The van der Waals surface area contributed by atoms with Gasteiger partial charge in [-0.05, 0) is 38.7 Å². The van der Waals surface area contributed by atoms with Crippen molar-refractivity contribution in [1.29, 1.82) is 0 Å². The second-order valence-electron chi connectivity index (χ2n) is 5.22. The van der Waals surface area contributed by atoms with E-state index in [0.29, 0.717) is 6.42 Å². The summed E-state index contributed by atoms with van der Waals surface area (Å²) in [6.45, 7) is 5.88. The van der Waals surface area contributed by atoms with Crippen LogP contribution in [0, 0.1) is 19.8 Å². The third-order valence-corrected chi connectivity index (χ3v) is 4.02. The van der Waals surface area contributed by atoms with Crippen LogP contribution in [-0.2, 0) is 10.3 Å². The molecule has 1 aromatic rings. The molecule has 17 heavy (non-hydrogen) atoms. The number of aliphatic carboxylic acids is 1. The van der Waals surface area contributed by atoms with E-state index in [1.165, 1.54) is 0 Å². The molecule has 1 heterocycles. The third kappa shape index (κ3) is 1.75. The molecular formula is C13H20N2O2. The molecule has 4 nitrogen and oxygen atoms in total. The number of aryl methyl sites for hydroxylation is 2. The lowest BCUT2D eigenvalue weighted by Gasteiger charge is -2.39. The summed E-state index contributed by atoms with van der Waals surface area (Å²) in [6, 6.07) is 1.95. The highest BCUT2D eigenvalue weighted by molar-refractivity contribution is 5.77. The van der Waals surface area contributed by atoms with Crippen molar-refractivity contribution in [2.45, 2.75) is 52.0 Å². The molecule has 1 aliphatic rings. The van der Waals surface area contributed by atoms with Crippen molar-refractivity contribution in [2.75, 3.05) is 0 Å². The molecule has 1 fully saturated rings. The summed E-state index contributed by atoms with van der Waals surface area (Å²) in [5.41, 5.74) is 0.996. The largest absolute Gasteiger partial charge is 0.479 e. The Bertz CT molecular complexity index is 439. The van der Waals surface area contributed by atoms with Crippen molar-refractivity contribution in [2.24, 2.45) is 5.92 Å². The van der Waals surface area contributed by atoms with Crippen LogP contribution in [0.5, 0.6) is 0 Å². The van der Waals surface area contributed by atoms with Gasteiger partial charge in [-0.3, -0.25) is 4.68 Å². The number of rotatable bonds is 2. The van der Waals surface area contributed by atoms with Crippen LogP contribution in [0.1, 0.15) is 44.0 Å². The Balaban J connectivity index is 2.54. The Labute approximate surface area is 102 Å². The van der Waals surface area contributed by atoms with Gasteiger partial charge in [0.1, 0.15) is 0 Å². The highest BCUT2D eigenvalue weighted by Crippen LogP contribution is 2.40. The second-order valence-corrected chi connectivity index (χ2v) is 5.22. The first-order valence-electron chi connectivity index (χ1n) is 6.25. The van der Waals surface area contributed by atoms with Crippen LogP contribution in [0.2, 0.25) is 0 Å². The molecule has 2 rings (SSSR count). The van der Waals surface area contributed by atoms with Gasteiger partial charge < -0.3 is 5.11 Å². The lowest BCUT2D eigenvalue weighted by atomic mass is 9.73.